The van der Waals surface area contributed by atoms with Gasteiger partial charge in [-0.05, 0) is 26.5 Å². The fourth-order valence-corrected chi connectivity index (χ4v) is 2.56. The summed E-state index contributed by atoms with van der Waals surface area (Å²) in [6.45, 7) is 12.4. The van der Waals surface area contributed by atoms with E-state index in [1.807, 2.05) is 9.80 Å². The van der Waals surface area contributed by atoms with E-state index < -0.39 is 0 Å². The van der Waals surface area contributed by atoms with E-state index in [9.17, 15) is 4.79 Å². The number of carbonyl (C=O) groups excluding carboxylic acids is 1. The lowest BCUT2D eigenvalue weighted by Gasteiger charge is -2.33. The SMILES string of the molecule is CCN1CCN(C(=O)c2ccnc(N(CC)CC)n2)CC1. The van der Waals surface area contributed by atoms with Gasteiger partial charge in [0.15, 0.2) is 0 Å². The third-order valence-electron chi connectivity index (χ3n) is 4.01. The predicted molar refractivity (Wildman–Crippen MR) is 83.6 cm³/mol. The first-order valence-electron chi connectivity index (χ1n) is 7.79. The van der Waals surface area contributed by atoms with E-state index in [-0.39, 0.29) is 5.91 Å². The van der Waals surface area contributed by atoms with E-state index in [0.717, 1.165) is 45.8 Å². The fourth-order valence-electron chi connectivity index (χ4n) is 2.56. The van der Waals surface area contributed by atoms with Crippen LogP contribution < -0.4 is 4.90 Å². The monoisotopic (exact) mass is 291 g/mol. The molecule has 6 heteroatoms. The largest absolute Gasteiger partial charge is 0.341 e. The van der Waals surface area contributed by atoms with Gasteiger partial charge in [-0.15, -0.1) is 0 Å². The number of hydrogen-bond acceptors (Lipinski definition) is 5. The second-order valence-electron chi connectivity index (χ2n) is 5.14. The Morgan fingerprint density at radius 2 is 1.86 bits per heavy atom. The van der Waals surface area contributed by atoms with E-state index in [2.05, 4.69) is 35.6 Å². The van der Waals surface area contributed by atoms with Gasteiger partial charge < -0.3 is 14.7 Å². The van der Waals surface area contributed by atoms with Gasteiger partial charge in [-0.3, -0.25) is 4.79 Å². The van der Waals surface area contributed by atoms with Crippen molar-refractivity contribution in [3.63, 3.8) is 0 Å². The average molecular weight is 291 g/mol. The van der Waals surface area contributed by atoms with Crippen LogP contribution in [-0.4, -0.2) is 71.5 Å². The minimum absolute atomic E-state index is 0.0153. The summed E-state index contributed by atoms with van der Waals surface area (Å²) in [4.78, 5) is 27.5. The van der Waals surface area contributed by atoms with Crippen LogP contribution in [0, 0.1) is 0 Å². The van der Waals surface area contributed by atoms with Crippen LogP contribution in [0.2, 0.25) is 0 Å². The summed E-state index contributed by atoms with van der Waals surface area (Å²) in [7, 11) is 0. The van der Waals surface area contributed by atoms with Gasteiger partial charge >= 0.3 is 0 Å². The van der Waals surface area contributed by atoms with Crippen LogP contribution in [0.1, 0.15) is 31.3 Å². The highest BCUT2D eigenvalue weighted by Crippen LogP contribution is 2.11. The normalized spacial score (nSPS) is 16.0. The molecule has 1 aliphatic rings. The summed E-state index contributed by atoms with van der Waals surface area (Å²) >= 11 is 0. The van der Waals surface area contributed by atoms with Crippen LogP contribution in [-0.2, 0) is 0 Å². The molecule has 1 saturated heterocycles. The van der Waals surface area contributed by atoms with E-state index >= 15 is 0 Å². The summed E-state index contributed by atoms with van der Waals surface area (Å²) < 4.78 is 0. The molecule has 2 heterocycles. The van der Waals surface area contributed by atoms with Crippen LogP contribution in [0.4, 0.5) is 5.95 Å². The molecule has 116 valence electrons. The lowest BCUT2D eigenvalue weighted by Crippen LogP contribution is -2.48. The molecule has 0 saturated carbocycles. The highest BCUT2D eigenvalue weighted by molar-refractivity contribution is 5.92. The van der Waals surface area contributed by atoms with E-state index in [0.29, 0.717) is 11.6 Å². The summed E-state index contributed by atoms with van der Waals surface area (Å²) in [6, 6.07) is 1.71. The van der Waals surface area contributed by atoms with E-state index in [1.54, 1.807) is 12.3 Å². The summed E-state index contributed by atoms with van der Waals surface area (Å²) in [6.07, 6.45) is 1.68. The zero-order valence-corrected chi connectivity index (χ0v) is 13.2. The molecule has 0 aromatic carbocycles. The van der Waals surface area contributed by atoms with Crippen LogP contribution in [0.5, 0.6) is 0 Å². The molecule has 0 unspecified atom stereocenters. The van der Waals surface area contributed by atoms with Gasteiger partial charge in [-0.25, -0.2) is 9.97 Å². The first-order valence-corrected chi connectivity index (χ1v) is 7.79. The average Bonchev–Trinajstić information content (AvgIpc) is 2.56. The summed E-state index contributed by atoms with van der Waals surface area (Å²) in [5.74, 6) is 0.652. The summed E-state index contributed by atoms with van der Waals surface area (Å²) in [5, 5.41) is 0. The topological polar surface area (TPSA) is 52.6 Å². The van der Waals surface area contributed by atoms with Gasteiger partial charge in [-0.1, -0.05) is 6.92 Å². The number of amides is 1. The van der Waals surface area contributed by atoms with Crippen molar-refractivity contribution in [3.8, 4) is 0 Å². The quantitative estimate of drug-likeness (QED) is 0.813. The van der Waals surface area contributed by atoms with Gasteiger partial charge in [-0.2, -0.15) is 0 Å². The molecule has 0 spiro atoms. The molecule has 2 rings (SSSR count). The third-order valence-corrected chi connectivity index (χ3v) is 4.01. The van der Waals surface area contributed by atoms with Gasteiger partial charge in [0.25, 0.3) is 5.91 Å². The Hall–Kier alpha value is -1.69. The Morgan fingerprint density at radius 3 is 2.43 bits per heavy atom. The number of carbonyl (C=O) groups is 1. The Bertz CT molecular complexity index is 467. The molecule has 0 radical (unpaired) electrons. The third kappa shape index (κ3) is 3.69. The van der Waals surface area contributed by atoms with Gasteiger partial charge in [0.05, 0.1) is 0 Å². The van der Waals surface area contributed by atoms with Crippen LogP contribution in [0.15, 0.2) is 12.3 Å². The number of aromatic nitrogens is 2. The molecule has 0 atom stereocenters. The second kappa shape index (κ2) is 7.36. The molecule has 1 aliphatic heterocycles. The molecule has 6 nitrogen and oxygen atoms in total. The van der Waals surface area contributed by atoms with E-state index in [4.69, 9.17) is 0 Å². The van der Waals surface area contributed by atoms with Crippen LogP contribution in [0.3, 0.4) is 0 Å². The van der Waals surface area contributed by atoms with Crippen molar-refractivity contribution in [2.24, 2.45) is 0 Å². The van der Waals surface area contributed by atoms with Crippen molar-refractivity contribution in [2.75, 3.05) is 50.7 Å². The number of piperazine rings is 1. The van der Waals surface area contributed by atoms with E-state index in [1.165, 1.54) is 0 Å². The number of rotatable bonds is 5. The van der Waals surface area contributed by atoms with Crippen molar-refractivity contribution in [1.82, 2.24) is 19.8 Å². The first-order chi connectivity index (χ1) is 10.2. The number of nitrogens with zero attached hydrogens (tertiary/aromatic N) is 5. The van der Waals surface area contributed by atoms with Crippen LogP contribution >= 0.6 is 0 Å². The number of hydrogen-bond donors (Lipinski definition) is 0. The molecule has 0 aliphatic carbocycles. The first kappa shape index (κ1) is 15.7. The van der Waals surface area contributed by atoms with Gasteiger partial charge in [0.2, 0.25) is 5.95 Å². The van der Waals surface area contributed by atoms with Gasteiger partial charge in [0.1, 0.15) is 5.69 Å². The van der Waals surface area contributed by atoms with Crippen molar-refractivity contribution in [1.29, 1.82) is 0 Å². The molecule has 0 bridgehead atoms. The smallest absolute Gasteiger partial charge is 0.272 e. The lowest BCUT2D eigenvalue weighted by atomic mass is 10.2. The Morgan fingerprint density at radius 1 is 1.19 bits per heavy atom. The van der Waals surface area contributed by atoms with Crippen molar-refractivity contribution < 1.29 is 4.79 Å². The molecule has 1 aromatic heterocycles. The Balaban J connectivity index is 2.07. The Labute approximate surface area is 126 Å². The lowest BCUT2D eigenvalue weighted by molar-refractivity contribution is 0.0637. The van der Waals surface area contributed by atoms with Crippen LogP contribution in [0.25, 0.3) is 0 Å². The number of anilines is 1. The molecular weight excluding hydrogens is 266 g/mol. The van der Waals surface area contributed by atoms with Crippen molar-refractivity contribution in [2.45, 2.75) is 20.8 Å². The highest BCUT2D eigenvalue weighted by Gasteiger charge is 2.22. The minimum Gasteiger partial charge on any atom is -0.341 e. The highest BCUT2D eigenvalue weighted by atomic mass is 16.2. The Kier molecular flexibility index (Phi) is 5.50. The van der Waals surface area contributed by atoms with Crippen molar-refractivity contribution in [3.05, 3.63) is 18.0 Å². The summed E-state index contributed by atoms with van der Waals surface area (Å²) in [5.41, 5.74) is 0.497. The molecule has 0 N–H and O–H groups in total. The molecule has 1 fully saturated rings. The molecule has 21 heavy (non-hydrogen) atoms. The minimum atomic E-state index is 0.0153. The maximum absolute atomic E-state index is 12.5. The maximum atomic E-state index is 12.5. The standard InChI is InChI=1S/C15H25N5O/c1-4-18-9-11-20(12-10-18)14(21)13-7-8-16-15(17-13)19(5-2)6-3/h7-8H,4-6,9-12H2,1-3H3. The van der Waals surface area contributed by atoms with Gasteiger partial charge in [0, 0.05) is 45.5 Å². The fraction of sp³-hybridized carbons (Fsp3) is 0.667. The maximum Gasteiger partial charge on any atom is 0.272 e. The van der Waals surface area contributed by atoms with Crippen molar-refractivity contribution >= 4 is 11.9 Å². The predicted octanol–water partition coefficient (Wildman–Crippen LogP) is 1.10. The zero-order chi connectivity index (χ0) is 15.2. The number of likely N-dealkylation sites (N-methyl/N-ethyl adjacent to an activating group) is 1. The molecular formula is C15H25N5O. The second-order valence-corrected chi connectivity index (χ2v) is 5.14. The molecule has 1 amide bonds. The zero-order valence-electron chi connectivity index (χ0n) is 13.2. The molecule has 1 aromatic rings.